The van der Waals surface area contributed by atoms with Crippen molar-refractivity contribution in [2.75, 3.05) is 19.6 Å². The molecule has 0 spiro atoms. The molecule has 2 rings (SSSR count). The third-order valence-corrected chi connectivity index (χ3v) is 3.13. The molecule has 2 heterocycles. The molecule has 98 valence electrons. The molecule has 0 aliphatic carbocycles. The minimum absolute atomic E-state index is 0.0709. The van der Waals surface area contributed by atoms with Crippen LogP contribution in [0.3, 0.4) is 0 Å². The molecule has 0 aromatic carbocycles. The van der Waals surface area contributed by atoms with Gasteiger partial charge in [0.05, 0.1) is 6.20 Å². The zero-order chi connectivity index (χ0) is 13.0. The van der Waals surface area contributed by atoms with Gasteiger partial charge in [0.1, 0.15) is 11.4 Å². The number of carbonyl (C=O) groups is 1. The molecule has 0 saturated carbocycles. The number of nitrogens with zero attached hydrogens (tertiary/aromatic N) is 2. The smallest absolute Gasteiger partial charge is 0.270 e. The van der Waals surface area contributed by atoms with E-state index < -0.39 is 0 Å². The van der Waals surface area contributed by atoms with Crippen molar-refractivity contribution >= 4 is 5.91 Å². The quantitative estimate of drug-likeness (QED) is 0.835. The second-order valence-corrected chi connectivity index (χ2v) is 4.66. The zero-order valence-electron chi connectivity index (χ0n) is 10.6. The Labute approximate surface area is 107 Å². The molecule has 5 nitrogen and oxygen atoms in total. The number of nitrogens with one attached hydrogen (secondary N) is 1. The Morgan fingerprint density at radius 2 is 2.44 bits per heavy atom. The van der Waals surface area contributed by atoms with E-state index in [0.717, 1.165) is 32.5 Å². The number of pyridine rings is 1. The second kappa shape index (κ2) is 5.82. The van der Waals surface area contributed by atoms with Gasteiger partial charge in [0.2, 0.25) is 0 Å². The van der Waals surface area contributed by atoms with Gasteiger partial charge in [-0.25, -0.2) is 4.98 Å². The lowest BCUT2D eigenvalue weighted by Gasteiger charge is -2.15. The highest BCUT2D eigenvalue weighted by Gasteiger charge is 2.23. The van der Waals surface area contributed by atoms with E-state index >= 15 is 0 Å². The lowest BCUT2D eigenvalue weighted by Crippen LogP contribution is -2.37. The monoisotopic (exact) mass is 249 g/mol. The van der Waals surface area contributed by atoms with E-state index in [4.69, 9.17) is 5.11 Å². The molecular formula is C13H19N3O2. The van der Waals surface area contributed by atoms with Crippen LogP contribution in [0, 0.1) is 0 Å². The number of rotatable bonds is 4. The molecule has 1 saturated heterocycles. The second-order valence-electron chi connectivity index (χ2n) is 4.66. The van der Waals surface area contributed by atoms with E-state index in [2.05, 4.69) is 22.1 Å². The first kappa shape index (κ1) is 12.8. The van der Waals surface area contributed by atoms with Crippen molar-refractivity contribution in [2.45, 2.75) is 25.8 Å². The number of amides is 1. The SMILES string of the molecule is CCCN1CCC(NC(=O)c2ccc(O)cn2)C1. The molecular weight excluding hydrogens is 230 g/mol. The average molecular weight is 249 g/mol. The Bertz CT molecular complexity index is 405. The van der Waals surface area contributed by atoms with Crippen molar-refractivity contribution in [2.24, 2.45) is 0 Å². The van der Waals surface area contributed by atoms with Crippen molar-refractivity contribution in [3.63, 3.8) is 0 Å². The van der Waals surface area contributed by atoms with Gasteiger partial charge in [-0.2, -0.15) is 0 Å². The van der Waals surface area contributed by atoms with Crippen LogP contribution in [0.1, 0.15) is 30.3 Å². The van der Waals surface area contributed by atoms with Gasteiger partial charge < -0.3 is 15.3 Å². The molecule has 2 N–H and O–H groups in total. The molecule has 1 aromatic rings. The van der Waals surface area contributed by atoms with Gasteiger partial charge in [-0.3, -0.25) is 4.79 Å². The summed E-state index contributed by atoms with van der Waals surface area (Å²) in [5.41, 5.74) is 0.349. The van der Waals surface area contributed by atoms with Gasteiger partial charge in [0.15, 0.2) is 0 Å². The standard InChI is InChI=1S/C13H19N3O2/c1-2-6-16-7-5-10(9-16)15-13(18)12-4-3-11(17)8-14-12/h3-4,8,10,17H,2,5-7,9H2,1H3,(H,15,18). The lowest BCUT2D eigenvalue weighted by molar-refractivity contribution is 0.0932. The molecule has 1 atom stereocenters. The molecule has 5 heteroatoms. The Kier molecular flexibility index (Phi) is 4.15. The largest absolute Gasteiger partial charge is 0.506 e. The van der Waals surface area contributed by atoms with E-state index in [1.54, 1.807) is 0 Å². The fourth-order valence-electron chi connectivity index (χ4n) is 2.25. The molecule has 1 aliphatic heterocycles. The van der Waals surface area contributed by atoms with Crippen molar-refractivity contribution in [1.29, 1.82) is 0 Å². The third kappa shape index (κ3) is 3.20. The van der Waals surface area contributed by atoms with Crippen LogP contribution < -0.4 is 5.32 Å². The van der Waals surface area contributed by atoms with Crippen molar-refractivity contribution < 1.29 is 9.90 Å². The Hall–Kier alpha value is -1.62. The van der Waals surface area contributed by atoms with E-state index in [0.29, 0.717) is 5.69 Å². The first-order valence-electron chi connectivity index (χ1n) is 6.37. The van der Waals surface area contributed by atoms with E-state index in [-0.39, 0.29) is 17.7 Å². The van der Waals surface area contributed by atoms with Crippen LogP contribution in [-0.4, -0.2) is 46.6 Å². The van der Waals surface area contributed by atoms with Crippen LogP contribution in [0.2, 0.25) is 0 Å². The number of carbonyl (C=O) groups excluding carboxylic acids is 1. The number of likely N-dealkylation sites (tertiary alicyclic amines) is 1. The Balaban J connectivity index is 1.87. The van der Waals surface area contributed by atoms with E-state index in [9.17, 15) is 4.79 Å². The molecule has 1 aromatic heterocycles. The predicted molar refractivity (Wildman–Crippen MR) is 68.5 cm³/mol. The van der Waals surface area contributed by atoms with Crippen molar-refractivity contribution in [1.82, 2.24) is 15.2 Å². The van der Waals surface area contributed by atoms with Crippen LogP contribution >= 0.6 is 0 Å². The highest BCUT2D eigenvalue weighted by atomic mass is 16.3. The first-order chi connectivity index (χ1) is 8.69. The molecule has 0 radical (unpaired) electrons. The highest BCUT2D eigenvalue weighted by Crippen LogP contribution is 2.11. The van der Waals surface area contributed by atoms with E-state index in [1.165, 1.54) is 18.3 Å². The van der Waals surface area contributed by atoms with E-state index in [1.807, 2.05) is 0 Å². The van der Waals surface area contributed by atoms with Gasteiger partial charge in [0.25, 0.3) is 5.91 Å². The molecule has 1 fully saturated rings. The summed E-state index contributed by atoms with van der Waals surface area (Å²) in [6.45, 7) is 5.20. The fourth-order valence-corrected chi connectivity index (χ4v) is 2.25. The molecule has 0 bridgehead atoms. The number of hydrogen-bond acceptors (Lipinski definition) is 4. The highest BCUT2D eigenvalue weighted by molar-refractivity contribution is 5.92. The summed E-state index contributed by atoms with van der Waals surface area (Å²) in [7, 11) is 0. The summed E-state index contributed by atoms with van der Waals surface area (Å²) in [5.74, 6) is -0.0973. The van der Waals surface area contributed by atoms with Crippen LogP contribution in [-0.2, 0) is 0 Å². The minimum Gasteiger partial charge on any atom is -0.506 e. The zero-order valence-corrected chi connectivity index (χ0v) is 10.6. The molecule has 1 unspecified atom stereocenters. The van der Waals surface area contributed by atoms with Gasteiger partial charge >= 0.3 is 0 Å². The summed E-state index contributed by atoms with van der Waals surface area (Å²) in [6.07, 6.45) is 3.41. The summed E-state index contributed by atoms with van der Waals surface area (Å²) < 4.78 is 0. The van der Waals surface area contributed by atoms with Crippen molar-refractivity contribution in [3.05, 3.63) is 24.0 Å². The predicted octanol–water partition coefficient (Wildman–Crippen LogP) is 1.00. The normalized spacial score (nSPS) is 19.9. The van der Waals surface area contributed by atoms with Gasteiger partial charge in [0, 0.05) is 19.1 Å². The lowest BCUT2D eigenvalue weighted by atomic mass is 10.2. The minimum atomic E-state index is -0.168. The maximum absolute atomic E-state index is 11.9. The summed E-state index contributed by atoms with van der Waals surface area (Å²) >= 11 is 0. The summed E-state index contributed by atoms with van der Waals surface area (Å²) in [6, 6.07) is 3.21. The van der Waals surface area contributed by atoms with Crippen molar-refractivity contribution in [3.8, 4) is 5.75 Å². The summed E-state index contributed by atoms with van der Waals surface area (Å²) in [5, 5.41) is 12.1. The van der Waals surface area contributed by atoms with Crippen LogP contribution in [0.15, 0.2) is 18.3 Å². The third-order valence-electron chi connectivity index (χ3n) is 3.13. The fraction of sp³-hybridized carbons (Fsp3) is 0.538. The van der Waals surface area contributed by atoms with Gasteiger partial charge in [-0.05, 0) is 31.5 Å². The van der Waals surface area contributed by atoms with Crippen LogP contribution in [0.25, 0.3) is 0 Å². The molecule has 18 heavy (non-hydrogen) atoms. The molecule has 1 amide bonds. The number of aromatic nitrogens is 1. The maximum atomic E-state index is 11.9. The number of hydrogen-bond donors (Lipinski definition) is 2. The Morgan fingerprint density at radius 1 is 1.61 bits per heavy atom. The van der Waals surface area contributed by atoms with Crippen LogP contribution in [0.4, 0.5) is 0 Å². The van der Waals surface area contributed by atoms with Gasteiger partial charge in [-0.1, -0.05) is 6.92 Å². The topological polar surface area (TPSA) is 65.5 Å². The van der Waals surface area contributed by atoms with Gasteiger partial charge in [-0.15, -0.1) is 0 Å². The average Bonchev–Trinajstić information content (AvgIpc) is 2.78. The number of aromatic hydroxyl groups is 1. The summed E-state index contributed by atoms with van der Waals surface area (Å²) in [4.78, 5) is 18.2. The molecule has 1 aliphatic rings. The van der Waals surface area contributed by atoms with Crippen LogP contribution in [0.5, 0.6) is 5.75 Å². The Morgan fingerprint density at radius 3 is 3.11 bits per heavy atom. The maximum Gasteiger partial charge on any atom is 0.270 e. The first-order valence-corrected chi connectivity index (χ1v) is 6.37.